The molecule has 0 spiro atoms. The van der Waals surface area contributed by atoms with Crippen LogP contribution in [0.25, 0.3) is 0 Å². The molecule has 0 aromatic heterocycles. The molecule has 0 aromatic carbocycles. The molecule has 8 heteroatoms. The molecule has 1 heterocycles. The minimum atomic E-state index is -1.54. The number of aliphatic carboxylic acids is 1. The zero-order valence-electron chi connectivity index (χ0n) is 14.3. The number of carbonyl (C=O) groups excluding carboxylic acids is 2. The summed E-state index contributed by atoms with van der Waals surface area (Å²) in [6, 6.07) is 0. The largest absolute Gasteiger partial charge is 0.479 e. The molecule has 142 valence electrons. The Morgan fingerprint density at radius 1 is 1.28 bits per heavy atom. The number of thioether (sulfide) groups is 1. The molecular formula is C17H26O7S. The third-order valence-electron chi connectivity index (χ3n) is 5.02. The zero-order valence-corrected chi connectivity index (χ0v) is 15.1. The highest BCUT2D eigenvalue weighted by Gasteiger charge is 2.44. The fourth-order valence-electron chi connectivity index (χ4n) is 3.62. The van der Waals surface area contributed by atoms with E-state index in [0.29, 0.717) is 6.42 Å². The normalized spacial score (nSPS) is 35.4. The first-order valence-corrected chi connectivity index (χ1v) is 9.77. The SMILES string of the molecule is CC1CCCCC2C(=O)CC(SCC(O)C(=O)O)C(O)C2CC(=O)O1. The van der Waals surface area contributed by atoms with Crippen molar-refractivity contribution in [3.63, 3.8) is 0 Å². The van der Waals surface area contributed by atoms with E-state index in [-0.39, 0.29) is 36.4 Å². The summed E-state index contributed by atoms with van der Waals surface area (Å²) in [5.74, 6) is -2.73. The molecule has 0 amide bonds. The summed E-state index contributed by atoms with van der Waals surface area (Å²) in [7, 11) is 0. The second kappa shape index (κ2) is 9.00. The minimum Gasteiger partial charge on any atom is -0.479 e. The van der Waals surface area contributed by atoms with Gasteiger partial charge in [-0.25, -0.2) is 4.79 Å². The van der Waals surface area contributed by atoms with Gasteiger partial charge in [0.25, 0.3) is 0 Å². The van der Waals surface area contributed by atoms with Crippen molar-refractivity contribution in [2.45, 2.75) is 69.0 Å². The van der Waals surface area contributed by atoms with Crippen molar-refractivity contribution in [2.75, 3.05) is 5.75 Å². The first kappa shape index (κ1) is 20.2. The summed E-state index contributed by atoms with van der Waals surface area (Å²) < 4.78 is 5.34. The number of aliphatic hydroxyl groups excluding tert-OH is 2. The van der Waals surface area contributed by atoms with Gasteiger partial charge in [-0.3, -0.25) is 9.59 Å². The van der Waals surface area contributed by atoms with E-state index in [4.69, 9.17) is 9.84 Å². The zero-order chi connectivity index (χ0) is 18.6. The van der Waals surface area contributed by atoms with Crippen LogP contribution in [-0.4, -0.2) is 62.4 Å². The molecule has 0 bridgehead atoms. The maximum Gasteiger partial charge on any atom is 0.333 e. The van der Waals surface area contributed by atoms with Crippen molar-refractivity contribution in [1.29, 1.82) is 0 Å². The van der Waals surface area contributed by atoms with E-state index in [0.717, 1.165) is 31.0 Å². The average molecular weight is 374 g/mol. The Morgan fingerprint density at radius 2 is 1.96 bits per heavy atom. The van der Waals surface area contributed by atoms with Gasteiger partial charge in [-0.1, -0.05) is 6.42 Å². The summed E-state index contributed by atoms with van der Waals surface area (Å²) in [4.78, 5) is 35.4. The van der Waals surface area contributed by atoms with Crippen LogP contribution in [0.15, 0.2) is 0 Å². The number of Topliss-reactive ketones (excluding diaryl/α,β-unsaturated/α-hetero) is 1. The topological polar surface area (TPSA) is 121 Å². The molecule has 0 radical (unpaired) electrons. The number of rotatable bonds is 4. The highest BCUT2D eigenvalue weighted by Crippen LogP contribution is 2.39. The van der Waals surface area contributed by atoms with Gasteiger partial charge in [-0.05, 0) is 26.2 Å². The molecule has 7 nitrogen and oxygen atoms in total. The molecule has 1 aliphatic carbocycles. The lowest BCUT2D eigenvalue weighted by atomic mass is 9.72. The second-order valence-electron chi connectivity index (χ2n) is 6.95. The van der Waals surface area contributed by atoms with Gasteiger partial charge in [0.15, 0.2) is 6.10 Å². The third kappa shape index (κ3) is 5.43. The van der Waals surface area contributed by atoms with Crippen molar-refractivity contribution in [3.8, 4) is 0 Å². The summed E-state index contributed by atoms with van der Waals surface area (Å²) in [5, 5.41) is 28.3. The van der Waals surface area contributed by atoms with E-state index in [2.05, 4.69) is 0 Å². The van der Waals surface area contributed by atoms with Crippen LogP contribution in [0.1, 0.15) is 45.4 Å². The van der Waals surface area contributed by atoms with Crippen LogP contribution in [0.4, 0.5) is 0 Å². The summed E-state index contributed by atoms with van der Waals surface area (Å²) in [6.45, 7) is 1.84. The molecule has 3 N–H and O–H groups in total. The lowest BCUT2D eigenvalue weighted by Gasteiger charge is -2.39. The van der Waals surface area contributed by atoms with Gasteiger partial charge in [0.2, 0.25) is 0 Å². The van der Waals surface area contributed by atoms with Crippen LogP contribution in [0.3, 0.4) is 0 Å². The summed E-state index contributed by atoms with van der Waals surface area (Å²) in [6.07, 6.45) is 0.625. The van der Waals surface area contributed by atoms with Crippen LogP contribution in [0, 0.1) is 11.8 Å². The van der Waals surface area contributed by atoms with Gasteiger partial charge >= 0.3 is 11.9 Å². The number of carboxylic acid groups (broad SMARTS) is 1. The number of ether oxygens (including phenoxy) is 1. The van der Waals surface area contributed by atoms with Crippen molar-refractivity contribution >= 4 is 29.5 Å². The maximum absolute atomic E-state index is 12.5. The highest BCUT2D eigenvalue weighted by atomic mass is 32.2. The Balaban J connectivity index is 2.08. The van der Waals surface area contributed by atoms with Crippen molar-refractivity contribution in [3.05, 3.63) is 0 Å². The van der Waals surface area contributed by atoms with Crippen molar-refractivity contribution in [2.24, 2.45) is 11.8 Å². The van der Waals surface area contributed by atoms with Gasteiger partial charge in [0.1, 0.15) is 5.78 Å². The monoisotopic (exact) mass is 374 g/mol. The van der Waals surface area contributed by atoms with E-state index in [1.165, 1.54) is 0 Å². The second-order valence-corrected chi connectivity index (χ2v) is 8.22. The minimum absolute atomic E-state index is 0.000892. The van der Waals surface area contributed by atoms with E-state index >= 15 is 0 Å². The number of aliphatic hydroxyl groups is 2. The number of carbonyl (C=O) groups is 3. The first-order chi connectivity index (χ1) is 11.8. The molecule has 6 atom stereocenters. The Kier molecular flexibility index (Phi) is 7.27. The number of hydrogen-bond donors (Lipinski definition) is 3. The standard InChI is InChI=1S/C17H26O7S/c1-9-4-2-3-5-10-11(6-15(20)24-9)16(21)14(7-12(10)18)25-8-13(19)17(22)23/h9-11,13-14,16,19,21H,2-8H2,1H3,(H,22,23). The summed E-state index contributed by atoms with van der Waals surface area (Å²) >= 11 is 1.07. The predicted octanol–water partition coefficient (Wildman–Crippen LogP) is 0.996. The molecular weight excluding hydrogens is 348 g/mol. The van der Waals surface area contributed by atoms with Gasteiger partial charge < -0.3 is 20.1 Å². The first-order valence-electron chi connectivity index (χ1n) is 8.72. The maximum atomic E-state index is 12.5. The van der Waals surface area contributed by atoms with Crippen molar-refractivity contribution < 1.29 is 34.4 Å². The van der Waals surface area contributed by atoms with Gasteiger partial charge in [0, 0.05) is 29.3 Å². The van der Waals surface area contributed by atoms with Crippen LogP contribution >= 0.6 is 11.8 Å². The fraction of sp³-hybridized carbons (Fsp3) is 0.824. The average Bonchev–Trinajstić information content (AvgIpc) is 2.54. The Bertz CT molecular complexity index is 509. The van der Waals surface area contributed by atoms with Crippen LogP contribution in [0.5, 0.6) is 0 Å². The number of cyclic esters (lactones) is 1. The Morgan fingerprint density at radius 3 is 2.64 bits per heavy atom. The smallest absolute Gasteiger partial charge is 0.333 e. The molecule has 2 fully saturated rings. The molecule has 1 saturated heterocycles. The quantitative estimate of drug-likeness (QED) is 0.623. The van der Waals surface area contributed by atoms with Gasteiger partial charge in [-0.15, -0.1) is 0 Å². The van der Waals surface area contributed by atoms with E-state index < -0.39 is 35.3 Å². The molecule has 2 rings (SSSR count). The van der Waals surface area contributed by atoms with Gasteiger partial charge in [0.05, 0.1) is 18.6 Å². The molecule has 1 saturated carbocycles. The predicted molar refractivity (Wildman–Crippen MR) is 91.1 cm³/mol. The molecule has 6 unspecified atom stereocenters. The number of fused-ring (bicyclic) bond motifs is 1. The molecule has 2 aliphatic rings. The number of esters is 1. The Hall–Kier alpha value is -1.12. The Labute approximate surface area is 151 Å². The van der Waals surface area contributed by atoms with E-state index in [9.17, 15) is 24.6 Å². The van der Waals surface area contributed by atoms with Gasteiger partial charge in [-0.2, -0.15) is 11.8 Å². The number of carboxylic acids is 1. The van der Waals surface area contributed by atoms with Crippen molar-refractivity contribution in [1.82, 2.24) is 0 Å². The van der Waals surface area contributed by atoms with Crippen LogP contribution < -0.4 is 0 Å². The van der Waals surface area contributed by atoms with Crippen LogP contribution in [-0.2, 0) is 19.1 Å². The number of ketones is 1. The highest BCUT2D eigenvalue weighted by molar-refractivity contribution is 8.00. The molecule has 0 aromatic rings. The summed E-state index contributed by atoms with van der Waals surface area (Å²) in [5.41, 5.74) is 0. The lowest BCUT2D eigenvalue weighted by molar-refractivity contribution is -0.153. The molecule has 25 heavy (non-hydrogen) atoms. The lowest BCUT2D eigenvalue weighted by Crippen LogP contribution is -2.47. The fourth-order valence-corrected chi connectivity index (χ4v) is 4.88. The van der Waals surface area contributed by atoms with Crippen LogP contribution in [0.2, 0.25) is 0 Å². The molecule has 1 aliphatic heterocycles. The van der Waals surface area contributed by atoms with E-state index in [1.54, 1.807) is 0 Å². The number of hydrogen-bond acceptors (Lipinski definition) is 7. The van der Waals surface area contributed by atoms with E-state index in [1.807, 2.05) is 6.92 Å². The third-order valence-corrected chi connectivity index (χ3v) is 6.40.